The van der Waals surface area contributed by atoms with Crippen LogP contribution >= 0.6 is 11.8 Å². The quantitative estimate of drug-likeness (QED) is 0.543. The van der Waals surface area contributed by atoms with Crippen LogP contribution in [0.15, 0.2) is 0 Å². The number of aliphatic hydroxyl groups is 1. The molecular formula is C6H12ClNO. The van der Waals surface area contributed by atoms with Crippen LogP contribution in [-0.4, -0.2) is 17.3 Å². The molecule has 0 aliphatic heterocycles. The van der Waals surface area contributed by atoms with E-state index in [9.17, 15) is 5.11 Å². The zero-order valence-electron chi connectivity index (χ0n) is 5.47. The Morgan fingerprint density at radius 1 is 1.56 bits per heavy atom. The monoisotopic (exact) mass is 149 g/mol. The van der Waals surface area contributed by atoms with Crippen LogP contribution in [-0.2, 0) is 0 Å². The number of nitrogens with one attached hydrogen (secondary N) is 1. The van der Waals surface area contributed by atoms with Crippen LogP contribution < -0.4 is 4.84 Å². The van der Waals surface area contributed by atoms with E-state index in [2.05, 4.69) is 11.8 Å². The van der Waals surface area contributed by atoms with Crippen molar-refractivity contribution in [1.29, 1.82) is 0 Å². The Bertz CT molecular complexity index is 89.1. The first-order valence-electron chi connectivity index (χ1n) is 3.30. The number of hydrogen-bond acceptors (Lipinski definition) is 2. The third-order valence-electron chi connectivity index (χ3n) is 2.07. The normalized spacial score (nSPS) is 43.7. The second kappa shape index (κ2) is 2.86. The van der Waals surface area contributed by atoms with E-state index >= 15 is 0 Å². The lowest BCUT2D eigenvalue weighted by atomic mass is 10.1. The van der Waals surface area contributed by atoms with Gasteiger partial charge >= 0.3 is 0 Å². The highest BCUT2D eigenvalue weighted by molar-refractivity contribution is 6.13. The third kappa shape index (κ3) is 1.37. The summed E-state index contributed by atoms with van der Waals surface area (Å²) in [5.41, 5.74) is 0. The fraction of sp³-hybridized carbons (Fsp3) is 1.00. The van der Waals surface area contributed by atoms with Crippen LogP contribution in [0.5, 0.6) is 0 Å². The minimum Gasteiger partial charge on any atom is -0.391 e. The van der Waals surface area contributed by atoms with Crippen LogP contribution in [0, 0.1) is 5.92 Å². The van der Waals surface area contributed by atoms with Gasteiger partial charge in [0.1, 0.15) is 0 Å². The number of rotatable bonds is 1. The van der Waals surface area contributed by atoms with E-state index in [-0.39, 0.29) is 12.1 Å². The molecule has 0 aromatic rings. The Balaban J connectivity index is 2.44. The van der Waals surface area contributed by atoms with E-state index in [1.165, 1.54) is 0 Å². The van der Waals surface area contributed by atoms with Crippen molar-refractivity contribution in [3.05, 3.63) is 0 Å². The average Bonchev–Trinajstić information content (AvgIpc) is 2.12. The van der Waals surface area contributed by atoms with E-state index in [1.807, 2.05) is 0 Å². The molecule has 0 bridgehead atoms. The van der Waals surface area contributed by atoms with Crippen molar-refractivity contribution in [1.82, 2.24) is 4.84 Å². The molecular weight excluding hydrogens is 138 g/mol. The Morgan fingerprint density at radius 2 is 2.22 bits per heavy atom. The average molecular weight is 150 g/mol. The van der Waals surface area contributed by atoms with Gasteiger partial charge in [-0.2, -0.15) is 0 Å². The molecule has 1 aliphatic carbocycles. The maximum atomic E-state index is 9.21. The molecule has 9 heavy (non-hydrogen) atoms. The number of hydrogen-bond donors (Lipinski definition) is 2. The molecule has 1 rings (SSSR count). The van der Waals surface area contributed by atoms with Gasteiger partial charge in [-0.25, -0.2) is 4.84 Å². The minimum atomic E-state index is -0.238. The molecule has 0 aromatic heterocycles. The lowest BCUT2D eigenvalue weighted by molar-refractivity contribution is 0.151. The van der Waals surface area contributed by atoms with E-state index in [4.69, 9.17) is 11.8 Å². The molecule has 3 heteroatoms. The second-order valence-corrected chi connectivity index (χ2v) is 2.98. The van der Waals surface area contributed by atoms with Crippen LogP contribution in [0.4, 0.5) is 0 Å². The summed E-state index contributed by atoms with van der Waals surface area (Å²) in [7, 11) is 0. The van der Waals surface area contributed by atoms with Gasteiger partial charge in [-0.3, -0.25) is 0 Å². The van der Waals surface area contributed by atoms with Crippen molar-refractivity contribution in [2.24, 2.45) is 5.92 Å². The predicted molar refractivity (Wildman–Crippen MR) is 37.2 cm³/mol. The molecule has 1 saturated carbocycles. The highest BCUT2D eigenvalue weighted by atomic mass is 35.5. The Hall–Kier alpha value is 0.210. The van der Waals surface area contributed by atoms with E-state index in [1.54, 1.807) is 0 Å². The van der Waals surface area contributed by atoms with Crippen molar-refractivity contribution in [2.45, 2.75) is 31.9 Å². The first-order valence-corrected chi connectivity index (χ1v) is 3.67. The number of halogens is 1. The highest BCUT2D eigenvalue weighted by Gasteiger charge is 2.30. The van der Waals surface area contributed by atoms with Crippen molar-refractivity contribution < 1.29 is 5.11 Å². The van der Waals surface area contributed by atoms with Crippen molar-refractivity contribution in [3.8, 4) is 0 Å². The first kappa shape index (κ1) is 7.32. The molecule has 0 aromatic carbocycles. The van der Waals surface area contributed by atoms with Gasteiger partial charge in [0.05, 0.1) is 12.1 Å². The van der Waals surface area contributed by atoms with Gasteiger partial charge in [-0.15, -0.1) is 0 Å². The van der Waals surface area contributed by atoms with Crippen LogP contribution in [0.25, 0.3) is 0 Å². The molecule has 2 N–H and O–H groups in total. The molecule has 54 valence electrons. The summed E-state index contributed by atoms with van der Waals surface area (Å²) in [6, 6.07) is 0.103. The summed E-state index contributed by atoms with van der Waals surface area (Å²) in [4.78, 5) is 2.59. The fourth-order valence-electron chi connectivity index (χ4n) is 1.35. The van der Waals surface area contributed by atoms with Crippen molar-refractivity contribution >= 4 is 11.8 Å². The van der Waals surface area contributed by atoms with Gasteiger partial charge in [-0.1, -0.05) is 6.92 Å². The second-order valence-electron chi connectivity index (χ2n) is 2.76. The van der Waals surface area contributed by atoms with Gasteiger partial charge in [0.15, 0.2) is 0 Å². The maximum absolute atomic E-state index is 9.21. The van der Waals surface area contributed by atoms with Gasteiger partial charge < -0.3 is 5.11 Å². The molecule has 2 nitrogen and oxygen atoms in total. The van der Waals surface area contributed by atoms with Gasteiger partial charge in [-0.05, 0) is 30.5 Å². The lowest BCUT2D eigenvalue weighted by Crippen LogP contribution is -2.33. The number of aliphatic hydroxyl groups excluding tert-OH is 1. The van der Waals surface area contributed by atoms with Crippen LogP contribution in [0.1, 0.15) is 19.8 Å². The molecule has 0 heterocycles. The topological polar surface area (TPSA) is 32.3 Å². The molecule has 0 radical (unpaired) electrons. The van der Waals surface area contributed by atoms with Gasteiger partial charge in [0.25, 0.3) is 0 Å². The molecule has 0 spiro atoms. The molecule has 0 amide bonds. The SMILES string of the molecule is CC1CCC(O)C1NCl. The fourth-order valence-corrected chi connectivity index (χ4v) is 1.71. The molecule has 3 unspecified atom stereocenters. The summed E-state index contributed by atoms with van der Waals surface area (Å²) < 4.78 is 0. The highest BCUT2D eigenvalue weighted by Crippen LogP contribution is 2.25. The first-order chi connectivity index (χ1) is 4.25. The zero-order valence-corrected chi connectivity index (χ0v) is 6.23. The summed E-state index contributed by atoms with van der Waals surface area (Å²) in [6.45, 7) is 2.09. The Kier molecular flexibility index (Phi) is 2.33. The van der Waals surface area contributed by atoms with E-state index in [0.29, 0.717) is 5.92 Å². The third-order valence-corrected chi connectivity index (χ3v) is 2.32. The summed E-state index contributed by atoms with van der Waals surface area (Å²) in [5.74, 6) is 0.512. The van der Waals surface area contributed by atoms with Gasteiger partial charge in [0.2, 0.25) is 0 Å². The summed E-state index contributed by atoms with van der Waals surface area (Å²) >= 11 is 5.39. The molecule has 3 atom stereocenters. The summed E-state index contributed by atoms with van der Waals surface area (Å²) in [6.07, 6.45) is 1.72. The lowest BCUT2D eigenvalue weighted by Gasteiger charge is -2.15. The van der Waals surface area contributed by atoms with Crippen LogP contribution in [0.3, 0.4) is 0 Å². The van der Waals surface area contributed by atoms with E-state index < -0.39 is 0 Å². The van der Waals surface area contributed by atoms with Crippen molar-refractivity contribution in [3.63, 3.8) is 0 Å². The van der Waals surface area contributed by atoms with Gasteiger partial charge in [0, 0.05) is 0 Å². The van der Waals surface area contributed by atoms with Crippen molar-refractivity contribution in [2.75, 3.05) is 0 Å². The molecule has 0 saturated heterocycles. The van der Waals surface area contributed by atoms with E-state index in [0.717, 1.165) is 12.8 Å². The maximum Gasteiger partial charge on any atom is 0.0708 e. The molecule has 1 aliphatic rings. The largest absolute Gasteiger partial charge is 0.391 e. The zero-order chi connectivity index (χ0) is 6.85. The minimum absolute atomic E-state index is 0.103. The predicted octanol–water partition coefficient (Wildman–Crippen LogP) is 0.889. The standard InChI is InChI=1S/C6H12ClNO/c1-4-2-3-5(9)6(4)8-7/h4-6,8-9H,2-3H2,1H3. The molecule has 1 fully saturated rings. The Labute approximate surface area is 60.3 Å². The summed E-state index contributed by atoms with van der Waals surface area (Å²) in [5, 5.41) is 9.21. The van der Waals surface area contributed by atoms with Crippen LogP contribution in [0.2, 0.25) is 0 Å². The Morgan fingerprint density at radius 3 is 2.44 bits per heavy atom. The smallest absolute Gasteiger partial charge is 0.0708 e.